The number of nitrogens with zero attached hydrogens (tertiary/aromatic N) is 5. The summed E-state index contributed by atoms with van der Waals surface area (Å²) in [5, 5.41) is 7.82. The first kappa shape index (κ1) is 13.8. The molecule has 1 N–H and O–H groups in total. The second-order valence-corrected chi connectivity index (χ2v) is 5.28. The number of aryl methyl sites for hydroxylation is 1. The Morgan fingerprint density at radius 2 is 2.29 bits per heavy atom. The van der Waals surface area contributed by atoms with Gasteiger partial charge in [0.15, 0.2) is 0 Å². The van der Waals surface area contributed by atoms with Crippen LogP contribution in [0.5, 0.6) is 0 Å². The first-order valence-electron chi connectivity index (χ1n) is 7.01. The van der Waals surface area contributed by atoms with Gasteiger partial charge in [-0.05, 0) is 6.07 Å². The van der Waals surface area contributed by atoms with Crippen LogP contribution in [-0.4, -0.2) is 40.5 Å². The summed E-state index contributed by atoms with van der Waals surface area (Å²) in [7, 11) is 5.88. The van der Waals surface area contributed by atoms with Crippen molar-refractivity contribution in [3.8, 4) is 0 Å². The molecule has 0 spiro atoms. The molecule has 1 aliphatic heterocycles. The minimum Gasteiger partial charge on any atom is -0.376 e. The second kappa shape index (κ2) is 5.69. The fourth-order valence-electron chi connectivity index (χ4n) is 2.44. The molecule has 0 unspecified atom stereocenters. The van der Waals surface area contributed by atoms with Gasteiger partial charge in [-0.25, -0.2) is 4.98 Å². The van der Waals surface area contributed by atoms with E-state index in [1.165, 1.54) is 5.56 Å². The molecule has 0 bridgehead atoms. The molecule has 2 aromatic heterocycles. The molecule has 112 valence electrons. The van der Waals surface area contributed by atoms with Gasteiger partial charge < -0.3 is 15.0 Å². The van der Waals surface area contributed by atoms with Crippen molar-refractivity contribution in [2.24, 2.45) is 7.05 Å². The van der Waals surface area contributed by atoms with E-state index in [0.29, 0.717) is 19.1 Å². The Labute approximate surface area is 124 Å². The molecule has 7 nitrogen and oxygen atoms in total. The Bertz CT molecular complexity index is 636. The molecule has 0 saturated carbocycles. The molecule has 7 heteroatoms. The molecule has 0 aliphatic carbocycles. The molecular formula is C14H20N6O. The fraction of sp³-hybridized carbons (Fsp3) is 0.500. The van der Waals surface area contributed by atoms with Crippen molar-refractivity contribution < 1.29 is 4.74 Å². The SMILES string of the molecule is CN(C)c1ccnc(NCc2c3c(nn2C)CCOC3)n1. The number of anilines is 2. The predicted molar refractivity (Wildman–Crippen MR) is 80.3 cm³/mol. The average molecular weight is 288 g/mol. The number of aromatic nitrogens is 4. The average Bonchev–Trinajstić information content (AvgIpc) is 2.81. The largest absolute Gasteiger partial charge is 0.376 e. The molecule has 2 aromatic rings. The molecule has 21 heavy (non-hydrogen) atoms. The molecule has 1 aliphatic rings. The van der Waals surface area contributed by atoms with Gasteiger partial charge in [0.05, 0.1) is 31.1 Å². The lowest BCUT2D eigenvalue weighted by Gasteiger charge is -2.14. The predicted octanol–water partition coefficient (Wildman–Crippen LogP) is 0.961. The quantitative estimate of drug-likeness (QED) is 0.904. The van der Waals surface area contributed by atoms with Gasteiger partial charge in [0, 0.05) is 39.3 Å². The van der Waals surface area contributed by atoms with E-state index in [0.717, 1.165) is 30.2 Å². The highest BCUT2D eigenvalue weighted by Gasteiger charge is 2.19. The van der Waals surface area contributed by atoms with E-state index < -0.39 is 0 Å². The van der Waals surface area contributed by atoms with E-state index in [4.69, 9.17) is 4.74 Å². The Kier molecular flexibility index (Phi) is 3.74. The van der Waals surface area contributed by atoms with Gasteiger partial charge in [0.1, 0.15) is 5.82 Å². The zero-order valence-electron chi connectivity index (χ0n) is 12.6. The number of hydrogen-bond donors (Lipinski definition) is 1. The van der Waals surface area contributed by atoms with Crippen molar-refractivity contribution in [1.29, 1.82) is 0 Å². The third kappa shape index (κ3) is 2.82. The summed E-state index contributed by atoms with van der Waals surface area (Å²) in [4.78, 5) is 10.7. The van der Waals surface area contributed by atoms with Crippen LogP contribution in [0.4, 0.5) is 11.8 Å². The first-order chi connectivity index (χ1) is 10.1. The molecule has 3 heterocycles. The maximum Gasteiger partial charge on any atom is 0.224 e. The maximum atomic E-state index is 5.53. The number of ether oxygens (including phenoxy) is 1. The normalized spacial score (nSPS) is 13.9. The van der Waals surface area contributed by atoms with Crippen molar-refractivity contribution in [3.05, 3.63) is 29.2 Å². The van der Waals surface area contributed by atoms with E-state index in [1.54, 1.807) is 6.20 Å². The van der Waals surface area contributed by atoms with E-state index >= 15 is 0 Å². The molecule has 0 amide bonds. The van der Waals surface area contributed by atoms with Crippen molar-refractivity contribution in [3.63, 3.8) is 0 Å². The lowest BCUT2D eigenvalue weighted by atomic mass is 10.1. The summed E-state index contributed by atoms with van der Waals surface area (Å²) in [6, 6.07) is 1.88. The van der Waals surface area contributed by atoms with Crippen LogP contribution in [0.2, 0.25) is 0 Å². The van der Waals surface area contributed by atoms with Gasteiger partial charge >= 0.3 is 0 Å². The van der Waals surface area contributed by atoms with Crippen LogP contribution >= 0.6 is 0 Å². The monoisotopic (exact) mass is 288 g/mol. The smallest absolute Gasteiger partial charge is 0.224 e. The Morgan fingerprint density at radius 1 is 1.43 bits per heavy atom. The Hall–Kier alpha value is -2.15. The summed E-state index contributed by atoms with van der Waals surface area (Å²) in [5.74, 6) is 1.50. The molecule has 0 atom stereocenters. The third-order valence-electron chi connectivity index (χ3n) is 3.60. The molecule has 0 saturated heterocycles. The molecule has 0 aromatic carbocycles. The highest BCUT2D eigenvalue weighted by Crippen LogP contribution is 2.20. The Morgan fingerprint density at radius 3 is 3.10 bits per heavy atom. The van der Waals surface area contributed by atoms with E-state index in [1.807, 2.05) is 36.8 Å². The number of rotatable bonds is 4. The van der Waals surface area contributed by atoms with Crippen LogP contribution in [0, 0.1) is 0 Å². The molecular weight excluding hydrogens is 268 g/mol. The van der Waals surface area contributed by atoms with E-state index in [9.17, 15) is 0 Å². The van der Waals surface area contributed by atoms with Crippen molar-refractivity contribution >= 4 is 11.8 Å². The van der Waals surface area contributed by atoms with E-state index in [2.05, 4.69) is 20.4 Å². The number of hydrogen-bond acceptors (Lipinski definition) is 6. The highest BCUT2D eigenvalue weighted by molar-refractivity contribution is 5.41. The van der Waals surface area contributed by atoms with Gasteiger partial charge in [0.25, 0.3) is 0 Å². The standard InChI is InChI=1S/C14H20N6O/c1-19(2)13-4-6-15-14(17-13)16-8-12-10-9-21-7-5-11(10)18-20(12)3/h4,6H,5,7-9H2,1-3H3,(H,15,16,17). The van der Waals surface area contributed by atoms with Crippen molar-refractivity contribution in [2.45, 2.75) is 19.6 Å². The summed E-state index contributed by atoms with van der Waals surface area (Å²) in [5.41, 5.74) is 3.46. The molecule has 3 rings (SSSR count). The van der Waals surface area contributed by atoms with Gasteiger partial charge in [-0.15, -0.1) is 0 Å². The summed E-state index contributed by atoms with van der Waals surface area (Å²) in [6.45, 7) is 2.03. The van der Waals surface area contributed by atoms with Gasteiger partial charge in [-0.3, -0.25) is 4.68 Å². The van der Waals surface area contributed by atoms with Crippen LogP contribution in [0.15, 0.2) is 12.3 Å². The zero-order chi connectivity index (χ0) is 14.8. The summed E-state index contributed by atoms with van der Waals surface area (Å²) >= 11 is 0. The van der Waals surface area contributed by atoms with Crippen LogP contribution < -0.4 is 10.2 Å². The van der Waals surface area contributed by atoms with E-state index in [-0.39, 0.29) is 0 Å². The van der Waals surface area contributed by atoms with Crippen LogP contribution in [0.25, 0.3) is 0 Å². The highest BCUT2D eigenvalue weighted by atomic mass is 16.5. The molecule has 0 fully saturated rings. The minimum absolute atomic E-state index is 0.618. The zero-order valence-corrected chi connectivity index (χ0v) is 12.6. The van der Waals surface area contributed by atoms with Crippen molar-refractivity contribution in [1.82, 2.24) is 19.7 Å². The fourth-order valence-corrected chi connectivity index (χ4v) is 2.44. The third-order valence-corrected chi connectivity index (χ3v) is 3.60. The van der Waals surface area contributed by atoms with Crippen LogP contribution in [0.1, 0.15) is 17.0 Å². The first-order valence-corrected chi connectivity index (χ1v) is 7.01. The number of nitrogens with one attached hydrogen (secondary N) is 1. The second-order valence-electron chi connectivity index (χ2n) is 5.28. The maximum absolute atomic E-state index is 5.53. The topological polar surface area (TPSA) is 68.1 Å². The number of fused-ring (bicyclic) bond motifs is 1. The minimum atomic E-state index is 0.618. The molecule has 0 radical (unpaired) electrons. The Balaban J connectivity index is 1.76. The summed E-state index contributed by atoms with van der Waals surface area (Å²) in [6.07, 6.45) is 2.64. The van der Waals surface area contributed by atoms with Gasteiger partial charge in [0.2, 0.25) is 5.95 Å². The van der Waals surface area contributed by atoms with Crippen molar-refractivity contribution in [2.75, 3.05) is 30.9 Å². The lowest BCUT2D eigenvalue weighted by molar-refractivity contribution is 0.109. The van der Waals surface area contributed by atoms with Gasteiger partial charge in [-0.1, -0.05) is 0 Å². The lowest BCUT2D eigenvalue weighted by Crippen LogP contribution is -2.14. The summed E-state index contributed by atoms with van der Waals surface area (Å²) < 4.78 is 7.45. The van der Waals surface area contributed by atoms with Gasteiger partial charge in [-0.2, -0.15) is 10.1 Å². The van der Waals surface area contributed by atoms with Crippen LogP contribution in [0.3, 0.4) is 0 Å². The van der Waals surface area contributed by atoms with Crippen LogP contribution in [-0.2, 0) is 31.4 Å².